The molecule has 2 bridgehead atoms. The number of nitrogens with zero attached hydrogens (tertiary/aromatic N) is 1. The first-order valence-electron chi connectivity index (χ1n) is 27.8. The van der Waals surface area contributed by atoms with E-state index in [0.717, 1.165) is 68.9 Å². The molecule has 3 aliphatic carbocycles. The molecule has 3 saturated carbocycles. The van der Waals surface area contributed by atoms with E-state index in [2.05, 4.69) is 75.6 Å². The fourth-order valence-electron chi connectivity index (χ4n) is 13.4. The highest BCUT2D eigenvalue weighted by Crippen LogP contribution is 2.61. The molecule has 0 spiro atoms. The molecule has 4 aliphatic heterocycles. The Morgan fingerprint density at radius 2 is 1.64 bits per heavy atom. The Kier molecular flexibility index (Phi) is 15.8. The van der Waals surface area contributed by atoms with Crippen molar-refractivity contribution in [2.24, 2.45) is 22.7 Å². The fourth-order valence-corrected chi connectivity index (χ4v) is 13.4. The Hall–Kier alpha value is -4.18. The molecule has 7 aliphatic rings. The van der Waals surface area contributed by atoms with Crippen molar-refractivity contribution in [2.75, 3.05) is 6.61 Å². The number of aliphatic hydroxyl groups excluding tert-OH is 1. The molecule has 2 aromatic rings. The summed E-state index contributed by atoms with van der Waals surface area (Å²) < 4.78 is 32.2. The molecule has 11 atom stereocenters. The van der Waals surface area contributed by atoms with Gasteiger partial charge in [-0.05, 0) is 125 Å². The van der Waals surface area contributed by atoms with Crippen molar-refractivity contribution in [1.29, 1.82) is 0 Å². The van der Waals surface area contributed by atoms with Gasteiger partial charge < -0.3 is 39.4 Å². The van der Waals surface area contributed by atoms with E-state index in [-0.39, 0.29) is 50.5 Å². The van der Waals surface area contributed by atoms with Gasteiger partial charge in [-0.1, -0.05) is 101 Å². The summed E-state index contributed by atoms with van der Waals surface area (Å²) in [4.78, 5) is 62.9. The molecule has 4 saturated heterocycles. The molecule has 3 N–H and O–H groups in total. The van der Waals surface area contributed by atoms with E-state index in [4.69, 9.17) is 28.5 Å². The SMILES string of the molecule is CCCCCC1(CCCCC)O[C@@H]2[C@H](O1)[C@H]1ON(Cc3cccc(C=C4CCC5O[C@]5(C)CC[C@@H]5[C@@H]4CC5(C)C)c3)[C@@H]3C(=O)O[C@@H]2C[C@]13C(=O)NCc1cccc(C(=O)N[C@H](CO)CCC(=O)OC(C)(C)C)c1. The van der Waals surface area contributed by atoms with Crippen molar-refractivity contribution in [3.05, 3.63) is 76.4 Å². The van der Waals surface area contributed by atoms with E-state index >= 15 is 4.79 Å². The minimum atomic E-state index is -1.38. The smallest absolute Gasteiger partial charge is 0.327 e. The Bertz CT molecular complexity index is 2370. The number of esters is 2. The third-order valence-electron chi connectivity index (χ3n) is 17.3. The Labute approximate surface area is 433 Å². The van der Waals surface area contributed by atoms with Crippen molar-refractivity contribution < 1.29 is 52.8 Å². The number of hydrogen-bond acceptors (Lipinski definition) is 12. The number of hydroxylamine groups is 2. The van der Waals surface area contributed by atoms with Crippen LogP contribution in [-0.2, 0) is 56.0 Å². The number of epoxide rings is 1. The zero-order valence-corrected chi connectivity index (χ0v) is 44.8. The molecule has 2 aromatic carbocycles. The molecule has 14 heteroatoms. The number of fused-ring (bicyclic) bond motifs is 6. The molecule has 2 amide bonds. The second-order valence-electron chi connectivity index (χ2n) is 24.4. The molecule has 0 aromatic heterocycles. The summed E-state index contributed by atoms with van der Waals surface area (Å²) in [6.45, 7) is 16.8. The number of unbranched alkanes of at least 4 members (excludes halogenated alkanes) is 4. The highest BCUT2D eigenvalue weighted by atomic mass is 16.8. The van der Waals surface area contributed by atoms with Gasteiger partial charge in [-0.15, -0.1) is 0 Å². The van der Waals surface area contributed by atoms with Crippen LogP contribution in [0.4, 0.5) is 0 Å². The quantitative estimate of drug-likeness (QED) is 0.0653. The number of hydrogen-bond donors (Lipinski definition) is 3. The van der Waals surface area contributed by atoms with E-state index < -0.39 is 71.1 Å². The molecule has 14 nitrogen and oxygen atoms in total. The molecule has 9 rings (SSSR count). The van der Waals surface area contributed by atoms with Gasteiger partial charge in [0.25, 0.3) is 5.91 Å². The van der Waals surface area contributed by atoms with Gasteiger partial charge in [0.1, 0.15) is 35.4 Å². The summed E-state index contributed by atoms with van der Waals surface area (Å²) >= 11 is 0. The number of benzene rings is 2. The lowest BCUT2D eigenvalue weighted by molar-refractivity contribution is -0.224. The van der Waals surface area contributed by atoms with Gasteiger partial charge in [0.05, 0.1) is 30.9 Å². The summed E-state index contributed by atoms with van der Waals surface area (Å²) in [7, 11) is 0. The summed E-state index contributed by atoms with van der Waals surface area (Å²) in [6, 6.07) is 13.6. The third kappa shape index (κ3) is 11.4. The Morgan fingerprint density at radius 3 is 2.36 bits per heavy atom. The topological polar surface area (TPSA) is 174 Å². The first-order valence-corrected chi connectivity index (χ1v) is 27.8. The lowest BCUT2D eigenvalue weighted by Gasteiger charge is -2.53. The van der Waals surface area contributed by atoms with Crippen molar-refractivity contribution >= 4 is 29.8 Å². The van der Waals surface area contributed by atoms with Crippen LogP contribution >= 0.6 is 0 Å². The molecular formula is C59H83N3O11. The van der Waals surface area contributed by atoms with Gasteiger partial charge in [-0.2, -0.15) is 5.06 Å². The first-order chi connectivity index (χ1) is 34.8. The monoisotopic (exact) mass is 1010 g/mol. The number of aliphatic hydroxyl groups is 1. The normalized spacial score (nSPS) is 32.6. The maximum atomic E-state index is 15.3. The average molecular weight is 1010 g/mol. The zero-order chi connectivity index (χ0) is 51.9. The van der Waals surface area contributed by atoms with Gasteiger partial charge in [0.15, 0.2) is 11.8 Å². The fraction of sp³-hybridized carbons (Fsp3) is 0.695. The predicted octanol–water partition coefficient (Wildman–Crippen LogP) is 9.43. The maximum absolute atomic E-state index is 15.3. The number of carbonyl (C=O) groups is 4. The largest absolute Gasteiger partial charge is 0.460 e. The lowest BCUT2D eigenvalue weighted by atomic mass is 9.52. The van der Waals surface area contributed by atoms with Crippen LogP contribution in [0.1, 0.15) is 185 Å². The van der Waals surface area contributed by atoms with E-state index in [1.807, 2.05) is 6.07 Å². The lowest BCUT2D eigenvalue weighted by Crippen LogP contribution is -2.69. The zero-order valence-electron chi connectivity index (χ0n) is 44.8. The molecule has 1 unspecified atom stereocenters. The van der Waals surface area contributed by atoms with E-state index in [0.29, 0.717) is 47.3 Å². The third-order valence-corrected chi connectivity index (χ3v) is 17.3. The molecule has 7 fully saturated rings. The van der Waals surface area contributed by atoms with Crippen molar-refractivity contribution in [2.45, 2.75) is 231 Å². The van der Waals surface area contributed by atoms with Crippen LogP contribution < -0.4 is 10.6 Å². The van der Waals surface area contributed by atoms with Crippen LogP contribution in [0.3, 0.4) is 0 Å². The number of allylic oxidation sites excluding steroid dienone is 1. The number of carbonyl (C=O) groups excluding carboxylic acids is 4. The minimum Gasteiger partial charge on any atom is -0.460 e. The van der Waals surface area contributed by atoms with Gasteiger partial charge >= 0.3 is 11.9 Å². The summed E-state index contributed by atoms with van der Waals surface area (Å²) in [6.07, 6.45) is 13.2. The van der Waals surface area contributed by atoms with Crippen molar-refractivity contribution in [1.82, 2.24) is 15.7 Å². The molecule has 4 heterocycles. The van der Waals surface area contributed by atoms with Crippen LogP contribution in [-0.4, -0.2) is 100 Å². The molecular weight excluding hydrogens is 927 g/mol. The number of nitrogens with one attached hydrogen (secondary N) is 2. The highest BCUT2D eigenvalue weighted by Gasteiger charge is 2.76. The van der Waals surface area contributed by atoms with Gasteiger partial charge in [0, 0.05) is 37.8 Å². The molecule has 400 valence electrons. The van der Waals surface area contributed by atoms with Gasteiger partial charge in [0.2, 0.25) is 5.91 Å². The number of rotatable bonds is 20. The molecule has 0 radical (unpaired) electrons. The second-order valence-corrected chi connectivity index (χ2v) is 24.4. The Balaban J connectivity index is 0.966. The van der Waals surface area contributed by atoms with Gasteiger partial charge in [-0.25, -0.2) is 0 Å². The van der Waals surface area contributed by atoms with Crippen LogP contribution in [0.25, 0.3) is 6.08 Å². The van der Waals surface area contributed by atoms with E-state index in [1.54, 1.807) is 44.0 Å². The number of ether oxygens (including phenoxy) is 5. The summed E-state index contributed by atoms with van der Waals surface area (Å²) in [5.74, 6) is -1.44. The first kappa shape index (κ1) is 53.6. The molecule has 73 heavy (non-hydrogen) atoms. The highest BCUT2D eigenvalue weighted by molar-refractivity contribution is 5.95. The van der Waals surface area contributed by atoms with Gasteiger partial charge in [-0.3, -0.25) is 24.0 Å². The Morgan fingerprint density at radius 1 is 0.918 bits per heavy atom. The van der Waals surface area contributed by atoms with E-state index in [9.17, 15) is 19.5 Å². The van der Waals surface area contributed by atoms with Crippen LogP contribution in [0, 0.1) is 22.7 Å². The van der Waals surface area contributed by atoms with Crippen LogP contribution in [0.2, 0.25) is 0 Å². The average Bonchev–Trinajstić information content (AvgIpc) is 3.61. The standard InChI is InChI=1S/C59H83N3O11/c1-9-11-13-26-58(27-14-12-10-2)71-48-45-33-59(54(67)60-34-38-18-16-20-41(31-38)52(65)61-42(36-63)22-24-47(64)70-55(3,4)5)50(53(66)68-45)62(73-51(59)49(48)72-58)35-39-19-15-17-37(29-39)30-40-21-23-46-57(8,69-46)28-25-44-43(40)32-56(44,6)7/h15-20,29-31,42-46,48-51,63H,9-14,21-28,32-36H2,1-8H3,(H,60,67)(H,61,65)/t42-,43+,44+,45+,46?,48-,49-,50+,51+,57+,59+/m0/s1. The number of amides is 2. The second kappa shape index (κ2) is 21.4. The van der Waals surface area contributed by atoms with Crippen molar-refractivity contribution in [3.8, 4) is 0 Å². The van der Waals surface area contributed by atoms with E-state index in [1.165, 1.54) is 18.4 Å². The maximum Gasteiger partial charge on any atom is 0.327 e. The summed E-state index contributed by atoms with van der Waals surface area (Å²) in [5.41, 5.74) is 2.81. The predicted molar refractivity (Wildman–Crippen MR) is 275 cm³/mol. The summed E-state index contributed by atoms with van der Waals surface area (Å²) in [5, 5.41) is 17.8. The van der Waals surface area contributed by atoms with Crippen LogP contribution in [0.5, 0.6) is 0 Å². The van der Waals surface area contributed by atoms with Crippen molar-refractivity contribution in [3.63, 3.8) is 0 Å². The van der Waals surface area contributed by atoms with Crippen LogP contribution in [0.15, 0.2) is 54.1 Å². The minimum absolute atomic E-state index is 0.0103.